The highest BCUT2D eigenvalue weighted by atomic mass is 28.3. The second kappa shape index (κ2) is 7.40. The maximum atomic E-state index is 11.1. The van der Waals surface area contributed by atoms with Crippen LogP contribution >= 0.6 is 0 Å². The standard InChI is InChI=1S/C18H29NO3Si/c1-7-23(8-2,9-3)15(5)14(4)18(6,20)16-10-12-17(13-11-16)19(21)22/h10-14,20H,5,7-9H2,1-4,6H3/t14-,18+/m1/s1. The molecule has 1 rings (SSSR count). The van der Waals surface area contributed by atoms with Crippen LogP contribution in [0.2, 0.25) is 18.1 Å². The maximum absolute atomic E-state index is 11.1. The monoisotopic (exact) mass is 335 g/mol. The van der Waals surface area contributed by atoms with Crippen molar-refractivity contribution < 1.29 is 10.0 Å². The molecule has 128 valence electrons. The predicted molar refractivity (Wildman–Crippen MR) is 98.2 cm³/mol. The van der Waals surface area contributed by atoms with Crippen molar-refractivity contribution >= 4 is 13.8 Å². The molecule has 0 heterocycles. The average molecular weight is 336 g/mol. The Kier molecular flexibility index (Phi) is 6.30. The molecule has 23 heavy (non-hydrogen) atoms. The van der Waals surface area contributed by atoms with E-state index in [1.165, 1.54) is 17.3 Å². The van der Waals surface area contributed by atoms with Gasteiger partial charge < -0.3 is 5.11 Å². The lowest BCUT2D eigenvalue weighted by Crippen LogP contribution is -2.43. The van der Waals surface area contributed by atoms with Crippen LogP contribution in [0.15, 0.2) is 36.0 Å². The molecule has 0 bridgehead atoms. The fraction of sp³-hybridized carbons (Fsp3) is 0.556. The van der Waals surface area contributed by atoms with E-state index in [-0.39, 0.29) is 11.6 Å². The minimum atomic E-state index is -1.62. The third kappa shape index (κ3) is 3.72. The number of hydrogen-bond acceptors (Lipinski definition) is 3. The first kappa shape index (κ1) is 19.6. The van der Waals surface area contributed by atoms with Crippen molar-refractivity contribution in [2.24, 2.45) is 5.92 Å². The van der Waals surface area contributed by atoms with E-state index in [2.05, 4.69) is 27.4 Å². The summed E-state index contributed by atoms with van der Waals surface area (Å²) < 4.78 is 0. The van der Waals surface area contributed by atoms with Crippen molar-refractivity contribution in [1.82, 2.24) is 0 Å². The summed E-state index contributed by atoms with van der Waals surface area (Å²) in [6, 6.07) is 9.56. The van der Waals surface area contributed by atoms with Crippen molar-refractivity contribution in [1.29, 1.82) is 0 Å². The third-order valence-electron chi connectivity index (χ3n) is 5.74. The zero-order chi connectivity index (χ0) is 17.8. The second-order valence-corrected chi connectivity index (χ2v) is 11.9. The van der Waals surface area contributed by atoms with Crippen LogP contribution in [0.4, 0.5) is 5.69 Å². The number of aliphatic hydroxyl groups is 1. The van der Waals surface area contributed by atoms with Gasteiger partial charge in [0.2, 0.25) is 0 Å². The van der Waals surface area contributed by atoms with Crippen molar-refractivity contribution in [2.45, 2.75) is 58.4 Å². The number of nitro benzene ring substituents is 1. The first-order valence-electron chi connectivity index (χ1n) is 8.32. The highest BCUT2D eigenvalue weighted by molar-refractivity contribution is 6.86. The molecular formula is C18H29NO3Si. The highest BCUT2D eigenvalue weighted by Crippen LogP contribution is 2.41. The molecule has 0 unspecified atom stereocenters. The fourth-order valence-electron chi connectivity index (χ4n) is 3.40. The van der Waals surface area contributed by atoms with E-state index >= 15 is 0 Å². The normalized spacial score (nSPS) is 15.7. The summed E-state index contributed by atoms with van der Waals surface area (Å²) in [6.45, 7) is 14.8. The van der Waals surface area contributed by atoms with Gasteiger partial charge in [-0.05, 0) is 24.6 Å². The molecule has 0 saturated heterocycles. The van der Waals surface area contributed by atoms with E-state index in [0.29, 0.717) is 5.56 Å². The van der Waals surface area contributed by atoms with Crippen LogP contribution in [-0.2, 0) is 5.60 Å². The van der Waals surface area contributed by atoms with E-state index in [1.54, 1.807) is 19.1 Å². The lowest BCUT2D eigenvalue weighted by molar-refractivity contribution is -0.384. The number of nitrogens with zero attached hydrogens (tertiary/aromatic N) is 1. The van der Waals surface area contributed by atoms with Crippen molar-refractivity contribution in [3.05, 3.63) is 51.7 Å². The Hall–Kier alpha value is -1.46. The fourth-order valence-corrected chi connectivity index (χ4v) is 7.46. The molecule has 1 N–H and O–H groups in total. The Labute approximate surface area is 140 Å². The number of non-ortho nitro benzene ring substituents is 1. The predicted octanol–water partition coefficient (Wildman–Crippen LogP) is 5.04. The SMILES string of the molecule is C=C([C@@H](C)[C@](C)(O)c1ccc([N+](=O)[O-])cc1)[Si](CC)(CC)CC. The number of rotatable bonds is 8. The van der Waals surface area contributed by atoms with E-state index in [9.17, 15) is 15.2 Å². The lowest BCUT2D eigenvalue weighted by Gasteiger charge is -2.40. The van der Waals surface area contributed by atoms with Gasteiger partial charge in [0.05, 0.1) is 18.6 Å². The number of hydrogen-bond donors (Lipinski definition) is 1. The molecule has 0 saturated carbocycles. The van der Waals surface area contributed by atoms with E-state index in [1.807, 2.05) is 6.92 Å². The van der Waals surface area contributed by atoms with Gasteiger partial charge in [-0.1, -0.05) is 51.0 Å². The number of nitro groups is 1. The first-order chi connectivity index (χ1) is 10.7. The second-order valence-electron chi connectivity index (χ2n) is 6.54. The zero-order valence-corrected chi connectivity index (χ0v) is 15.9. The summed E-state index contributed by atoms with van der Waals surface area (Å²) >= 11 is 0. The Bertz CT molecular complexity index is 554. The molecule has 0 amide bonds. The van der Waals surface area contributed by atoms with Crippen LogP contribution < -0.4 is 0 Å². The summed E-state index contributed by atoms with van der Waals surface area (Å²) in [5.74, 6) is -0.0875. The molecule has 5 heteroatoms. The van der Waals surface area contributed by atoms with E-state index in [4.69, 9.17) is 0 Å². The molecular weight excluding hydrogens is 306 g/mol. The van der Waals surface area contributed by atoms with Gasteiger partial charge in [-0.15, -0.1) is 6.58 Å². The van der Waals surface area contributed by atoms with Gasteiger partial charge in [0, 0.05) is 18.1 Å². The van der Waals surface area contributed by atoms with Gasteiger partial charge in [0.25, 0.3) is 5.69 Å². The highest BCUT2D eigenvalue weighted by Gasteiger charge is 2.40. The van der Waals surface area contributed by atoms with E-state index in [0.717, 1.165) is 18.1 Å². The van der Waals surface area contributed by atoms with Gasteiger partial charge >= 0.3 is 0 Å². The molecule has 4 nitrogen and oxygen atoms in total. The molecule has 2 atom stereocenters. The Balaban J connectivity index is 3.15. The van der Waals surface area contributed by atoms with Crippen LogP contribution in [0, 0.1) is 16.0 Å². The van der Waals surface area contributed by atoms with Crippen LogP contribution in [0.3, 0.4) is 0 Å². The Morgan fingerprint density at radius 1 is 1.26 bits per heavy atom. The lowest BCUT2D eigenvalue weighted by atomic mass is 9.84. The van der Waals surface area contributed by atoms with Crippen LogP contribution in [0.25, 0.3) is 0 Å². The molecule has 0 aliphatic heterocycles. The van der Waals surface area contributed by atoms with Crippen molar-refractivity contribution in [3.8, 4) is 0 Å². The minimum Gasteiger partial charge on any atom is -0.385 e. The van der Waals surface area contributed by atoms with E-state index < -0.39 is 18.6 Å². The topological polar surface area (TPSA) is 63.4 Å². The van der Waals surface area contributed by atoms with Crippen molar-refractivity contribution in [3.63, 3.8) is 0 Å². The van der Waals surface area contributed by atoms with Crippen LogP contribution in [-0.4, -0.2) is 18.1 Å². The summed E-state index contributed by atoms with van der Waals surface area (Å²) in [5.41, 5.74) is -0.345. The summed E-state index contributed by atoms with van der Waals surface area (Å²) in [5, 5.41) is 23.1. The average Bonchev–Trinajstić information content (AvgIpc) is 2.56. The van der Waals surface area contributed by atoms with Crippen molar-refractivity contribution in [2.75, 3.05) is 0 Å². The summed E-state index contributed by atoms with van der Waals surface area (Å²) in [4.78, 5) is 10.4. The first-order valence-corrected chi connectivity index (χ1v) is 10.9. The van der Waals surface area contributed by atoms with Crippen LogP contribution in [0.5, 0.6) is 0 Å². The minimum absolute atomic E-state index is 0.0374. The molecule has 0 aliphatic rings. The zero-order valence-electron chi connectivity index (χ0n) is 14.9. The van der Waals surface area contributed by atoms with Gasteiger partial charge in [-0.25, -0.2) is 0 Å². The quantitative estimate of drug-likeness (QED) is 0.411. The third-order valence-corrected chi connectivity index (χ3v) is 11.6. The Morgan fingerprint density at radius 3 is 2.04 bits per heavy atom. The molecule has 0 aliphatic carbocycles. The molecule has 0 fully saturated rings. The van der Waals surface area contributed by atoms with Gasteiger partial charge in [-0.2, -0.15) is 0 Å². The summed E-state index contributed by atoms with van der Waals surface area (Å²) in [6.07, 6.45) is 0. The molecule has 1 aromatic rings. The van der Waals surface area contributed by atoms with Gasteiger partial charge in [0.15, 0.2) is 0 Å². The molecule has 0 radical (unpaired) electrons. The maximum Gasteiger partial charge on any atom is 0.269 e. The van der Waals surface area contributed by atoms with Gasteiger partial charge in [-0.3, -0.25) is 10.1 Å². The molecule has 0 aromatic heterocycles. The number of benzene rings is 1. The molecule has 0 spiro atoms. The largest absolute Gasteiger partial charge is 0.385 e. The molecule has 1 aromatic carbocycles. The summed E-state index contributed by atoms with van der Waals surface area (Å²) in [7, 11) is -1.62. The van der Waals surface area contributed by atoms with Gasteiger partial charge in [0.1, 0.15) is 0 Å². The van der Waals surface area contributed by atoms with Crippen LogP contribution in [0.1, 0.15) is 40.2 Å². The smallest absolute Gasteiger partial charge is 0.269 e. The Morgan fingerprint density at radius 2 is 1.70 bits per heavy atom.